The molecule has 1 rings (SSSR count). The van der Waals surface area contributed by atoms with E-state index in [-0.39, 0.29) is 17.3 Å². The number of nitrogens with two attached hydrogens (primary N) is 2. The Hall–Kier alpha value is -2.03. The van der Waals surface area contributed by atoms with Crippen LogP contribution in [0.25, 0.3) is 0 Å². The van der Waals surface area contributed by atoms with Gasteiger partial charge in [-0.2, -0.15) is 15.2 Å². The standard InChI is InChI=1S/C7H10N6/c1-13(2)6-4(3-8)5(9)11-7(10)12-6/h1-2H3,(H4,9,10,11,12). The summed E-state index contributed by atoms with van der Waals surface area (Å²) in [5, 5.41) is 8.76. The van der Waals surface area contributed by atoms with Crippen LogP contribution in [0.15, 0.2) is 0 Å². The van der Waals surface area contributed by atoms with Crippen LogP contribution in [-0.4, -0.2) is 24.1 Å². The smallest absolute Gasteiger partial charge is 0.224 e. The maximum absolute atomic E-state index is 8.76. The summed E-state index contributed by atoms with van der Waals surface area (Å²) in [7, 11) is 3.50. The second-order valence-electron chi connectivity index (χ2n) is 2.67. The lowest BCUT2D eigenvalue weighted by Gasteiger charge is -2.13. The van der Waals surface area contributed by atoms with Gasteiger partial charge in [0, 0.05) is 14.1 Å². The molecule has 1 aromatic heterocycles. The van der Waals surface area contributed by atoms with E-state index in [1.165, 1.54) is 0 Å². The number of nitrogens with zero attached hydrogens (tertiary/aromatic N) is 4. The highest BCUT2D eigenvalue weighted by molar-refractivity contribution is 5.65. The highest BCUT2D eigenvalue weighted by atomic mass is 15.2. The predicted octanol–water partition coefficient (Wildman–Crippen LogP) is -0.421. The SMILES string of the molecule is CN(C)c1nc(N)nc(N)c1C#N. The van der Waals surface area contributed by atoms with Gasteiger partial charge in [0.25, 0.3) is 0 Å². The third kappa shape index (κ3) is 1.59. The molecule has 68 valence electrons. The molecule has 0 aliphatic carbocycles. The van der Waals surface area contributed by atoms with Crippen molar-refractivity contribution in [3.05, 3.63) is 5.56 Å². The number of anilines is 3. The Labute approximate surface area is 75.8 Å². The van der Waals surface area contributed by atoms with Crippen LogP contribution < -0.4 is 16.4 Å². The van der Waals surface area contributed by atoms with Crippen LogP contribution in [0.1, 0.15) is 5.56 Å². The Morgan fingerprint density at radius 2 is 1.92 bits per heavy atom. The summed E-state index contributed by atoms with van der Waals surface area (Å²) in [6.07, 6.45) is 0. The summed E-state index contributed by atoms with van der Waals surface area (Å²) in [6, 6.07) is 1.93. The van der Waals surface area contributed by atoms with Crippen LogP contribution >= 0.6 is 0 Å². The van der Waals surface area contributed by atoms with E-state index in [1.807, 2.05) is 6.07 Å². The lowest BCUT2D eigenvalue weighted by molar-refractivity contribution is 1.04. The molecule has 0 saturated carbocycles. The van der Waals surface area contributed by atoms with Gasteiger partial charge in [-0.1, -0.05) is 0 Å². The first-order valence-electron chi connectivity index (χ1n) is 3.56. The molecule has 0 bridgehead atoms. The van der Waals surface area contributed by atoms with Crippen LogP contribution in [-0.2, 0) is 0 Å². The summed E-state index contributed by atoms with van der Waals surface area (Å²) in [4.78, 5) is 9.24. The van der Waals surface area contributed by atoms with Crippen molar-refractivity contribution >= 4 is 17.6 Å². The number of rotatable bonds is 1. The average molecular weight is 178 g/mol. The molecule has 0 unspecified atom stereocenters. The van der Waals surface area contributed by atoms with Gasteiger partial charge in [-0.3, -0.25) is 0 Å². The monoisotopic (exact) mass is 178 g/mol. The van der Waals surface area contributed by atoms with Crippen molar-refractivity contribution < 1.29 is 0 Å². The summed E-state index contributed by atoms with van der Waals surface area (Å²) < 4.78 is 0. The molecule has 0 amide bonds. The molecule has 0 atom stereocenters. The maximum Gasteiger partial charge on any atom is 0.224 e. The fourth-order valence-corrected chi connectivity index (χ4v) is 0.914. The van der Waals surface area contributed by atoms with Gasteiger partial charge in [0.15, 0.2) is 5.82 Å². The molecule has 6 heteroatoms. The van der Waals surface area contributed by atoms with Crippen molar-refractivity contribution in [3.8, 4) is 6.07 Å². The number of hydrogen-bond donors (Lipinski definition) is 2. The lowest BCUT2D eigenvalue weighted by atomic mass is 10.3. The van der Waals surface area contributed by atoms with Crippen molar-refractivity contribution in [1.82, 2.24) is 9.97 Å². The molecule has 4 N–H and O–H groups in total. The third-order valence-corrected chi connectivity index (χ3v) is 1.47. The van der Waals surface area contributed by atoms with Crippen molar-refractivity contribution in [2.24, 2.45) is 0 Å². The molecular formula is C7H10N6. The number of aromatic nitrogens is 2. The quantitative estimate of drug-likeness (QED) is 0.605. The van der Waals surface area contributed by atoms with Crippen LogP contribution in [0.3, 0.4) is 0 Å². The molecule has 1 heterocycles. The molecule has 0 spiro atoms. The van der Waals surface area contributed by atoms with Crippen LogP contribution in [0.2, 0.25) is 0 Å². The van der Waals surface area contributed by atoms with E-state index >= 15 is 0 Å². The zero-order valence-corrected chi connectivity index (χ0v) is 7.44. The zero-order chi connectivity index (χ0) is 10.0. The van der Waals surface area contributed by atoms with E-state index in [4.69, 9.17) is 16.7 Å². The van der Waals surface area contributed by atoms with Crippen molar-refractivity contribution in [3.63, 3.8) is 0 Å². The highest BCUT2D eigenvalue weighted by Gasteiger charge is 2.11. The fraction of sp³-hybridized carbons (Fsp3) is 0.286. The first-order chi connectivity index (χ1) is 6.06. The molecule has 1 aromatic rings. The molecule has 0 radical (unpaired) electrons. The third-order valence-electron chi connectivity index (χ3n) is 1.47. The normalized spacial score (nSPS) is 9.31. The van der Waals surface area contributed by atoms with Gasteiger partial charge in [-0.15, -0.1) is 0 Å². The Bertz CT molecular complexity index is 364. The van der Waals surface area contributed by atoms with Gasteiger partial charge in [0.05, 0.1) is 0 Å². The summed E-state index contributed by atoms with van der Waals surface area (Å²) in [5.41, 5.74) is 11.1. The molecule has 6 nitrogen and oxygen atoms in total. The topological polar surface area (TPSA) is 105 Å². The van der Waals surface area contributed by atoms with Gasteiger partial charge >= 0.3 is 0 Å². The number of hydrogen-bond acceptors (Lipinski definition) is 6. The minimum Gasteiger partial charge on any atom is -0.382 e. The van der Waals surface area contributed by atoms with Gasteiger partial charge in [-0.05, 0) is 0 Å². The van der Waals surface area contributed by atoms with E-state index < -0.39 is 0 Å². The summed E-state index contributed by atoms with van der Waals surface area (Å²) >= 11 is 0. The first-order valence-corrected chi connectivity index (χ1v) is 3.56. The Morgan fingerprint density at radius 1 is 1.31 bits per heavy atom. The van der Waals surface area contributed by atoms with E-state index in [9.17, 15) is 0 Å². The van der Waals surface area contributed by atoms with Gasteiger partial charge < -0.3 is 16.4 Å². The fourth-order valence-electron chi connectivity index (χ4n) is 0.914. The molecule has 13 heavy (non-hydrogen) atoms. The zero-order valence-electron chi connectivity index (χ0n) is 7.44. The Balaban J connectivity index is 3.41. The van der Waals surface area contributed by atoms with Crippen molar-refractivity contribution in [1.29, 1.82) is 5.26 Å². The largest absolute Gasteiger partial charge is 0.382 e. The highest BCUT2D eigenvalue weighted by Crippen LogP contribution is 2.20. The lowest BCUT2D eigenvalue weighted by Crippen LogP contribution is -2.15. The maximum atomic E-state index is 8.76. The second kappa shape index (κ2) is 3.15. The summed E-state index contributed by atoms with van der Waals surface area (Å²) in [5.74, 6) is 0.617. The Morgan fingerprint density at radius 3 is 2.38 bits per heavy atom. The van der Waals surface area contributed by atoms with Crippen LogP contribution in [0, 0.1) is 11.3 Å². The van der Waals surface area contributed by atoms with E-state index in [0.717, 1.165) is 0 Å². The average Bonchev–Trinajstić information content (AvgIpc) is 2.02. The van der Waals surface area contributed by atoms with Gasteiger partial charge in [0.2, 0.25) is 5.95 Å². The number of nitriles is 1. The Kier molecular flexibility index (Phi) is 2.19. The molecule has 0 aliphatic rings. The summed E-state index contributed by atoms with van der Waals surface area (Å²) in [6.45, 7) is 0. The molecular weight excluding hydrogens is 168 g/mol. The second-order valence-corrected chi connectivity index (χ2v) is 2.67. The van der Waals surface area contributed by atoms with Crippen LogP contribution in [0.5, 0.6) is 0 Å². The van der Waals surface area contributed by atoms with E-state index in [2.05, 4.69) is 9.97 Å². The van der Waals surface area contributed by atoms with Gasteiger partial charge in [0.1, 0.15) is 17.5 Å². The molecule has 0 saturated heterocycles. The molecule has 0 fully saturated rings. The predicted molar refractivity (Wildman–Crippen MR) is 49.9 cm³/mol. The molecule has 0 aromatic carbocycles. The number of nitrogen functional groups attached to an aromatic ring is 2. The minimum atomic E-state index is 0.0696. The van der Waals surface area contributed by atoms with Crippen molar-refractivity contribution in [2.75, 3.05) is 30.5 Å². The molecule has 0 aliphatic heterocycles. The van der Waals surface area contributed by atoms with Crippen molar-refractivity contribution in [2.45, 2.75) is 0 Å². The minimum absolute atomic E-state index is 0.0696. The van der Waals surface area contributed by atoms with Gasteiger partial charge in [-0.25, -0.2) is 0 Å². The van der Waals surface area contributed by atoms with Crippen LogP contribution in [0.4, 0.5) is 17.6 Å². The van der Waals surface area contributed by atoms with E-state index in [0.29, 0.717) is 5.82 Å². The first kappa shape index (κ1) is 9.06. The van der Waals surface area contributed by atoms with E-state index in [1.54, 1.807) is 19.0 Å².